The third-order valence-electron chi connectivity index (χ3n) is 6.98. The van der Waals surface area contributed by atoms with E-state index in [0.29, 0.717) is 62.5 Å². The van der Waals surface area contributed by atoms with E-state index >= 15 is 0 Å². The molecule has 0 saturated carbocycles. The van der Waals surface area contributed by atoms with Crippen molar-refractivity contribution >= 4 is 31.4 Å². The minimum absolute atomic E-state index is 0.147. The van der Waals surface area contributed by atoms with Crippen molar-refractivity contribution in [3.63, 3.8) is 0 Å². The number of rotatable bonds is 10. The molecule has 1 aliphatic rings. The average Bonchev–Trinajstić information content (AvgIpc) is 2.95. The van der Waals surface area contributed by atoms with Crippen LogP contribution in [0, 0.1) is 11.8 Å². The fourth-order valence-corrected chi connectivity index (χ4v) is 3.88. The van der Waals surface area contributed by atoms with Gasteiger partial charge in [-0.1, -0.05) is 43.2 Å². The summed E-state index contributed by atoms with van der Waals surface area (Å²) in [6.07, 6.45) is 0.548. The van der Waals surface area contributed by atoms with E-state index in [9.17, 15) is 5.11 Å². The second-order valence-electron chi connectivity index (χ2n) is 10.7. The van der Waals surface area contributed by atoms with Crippen LogP contribution in [-0.2, 0) is 22.5 Å². The van der Waals surface area contributed by atoms with Crippen LogP contribution >= 0.6 is 0 Å². The number of ether oxygens (including phenoxy) is 5. The topological polar surface area (TPSA) is 79.3 Å². The van der Waals surface area contributed by atoms with Crippen molar-refractivity contribution < 1.29 is 28.8 Å². The Hall–Kier alpha value is -3.31. The summed E-state index contributed by atoms with van der Waals surface area (Å²) in [7, 11) is 7.19. The zero-order valence-electron chi connectivity index (χ0n) is 24.0. The van der Waals surface area contributed by atoms with Crippen molar-refractivity contribution in [2.45, 2.75) is 36.9 Å². The number of nitrogens with zero attached hydrogens (tertiary/aromatic N) is 1. The number of pyridine rings is 1. The van der Waals surface area contributed by atoms with Crippen molar-refractivity contribution in [2.24, 2.45) is 0 Å². The van der Waals surface area contributed by atoms with Crippen LogP contribution < -0.4 is 14.2 Å². The zero-order chi connectivity index (χ0) is 28.6. The first-order valence-corrected chi connectivity index (χ1v) is 13.7. The molecule has 1 atom stereocenters. The molecule has 1 aliphatic heterocycles. The molecule has 4 rings (SSSR count). The van der Waals surface area contributed by atoms with Crippen LogP contribution in [0.2, 0.25) is 0 Å². The minimum Gasteiger partial charge on any atom is -0.504 e. The van der Waals surface area contributed by atoms with Crippen LogP contribution in [0.5, 0.6) is 17.4 Å². The van der Waals surface area contributed by atoms with Crippen molar-refractivity contribution in [2.75, 3.05) is 26.4 Å². The van der Waals surface area contributed by atoms with Crippen LogP contribution in [0.3, 0.4) is 0 Å². The molecule has 1 aromatic heterocycles. The predicted octanol–water partition coefficient (Wildman–Crippen LogP) is -0.372. The van der Waals surface area contributed by atoms with E-state index in [1.165, 1.54) is 0 Å². The normalized spacial score (nSPS) is 15.5. The molecule has 204 valence electrons. The van der Waals surface area contributed by atoms with Gasteiger partial charge in [0.1, 0.15) is 67.9 Å². The van der Waals surface area contributed by atoms with Gasteiger partial charge in [-0.3, -0.25) is 0 Å². The molecule has 1 N–H and O–H groups in total. The Bertz CT molecular complexity index is 1310. The van der Waals surface area contributed by atoms with Gasteiger partial charge < -0.3 is 28.8 Å². The lowest BCUT2D eigenvalue weighted by Gasteiger charge is -2.38. The maximum Gasteiger partial charge on any atom is 0.218 e. The highest BCUT2D eigenvalue weighted by atomic mass is 16.6. The Morgan fingerprint density at radius 3 is 2.40 bits per heavy atom. The quantitative estimate of drug-likeness (QED) is 0.280. The predicted molar refractivity (Wildman–Crippen MR) is 165 cm³/mol. The van der Waals surface area contributed by atoms with Crippen LogP contribution in [0.1, 0.15) is 29.3 Å². The molecule has 0 aliphatic carbocycles. The van der Waals surface area contributed by atoms with Crippen molar-refractivity contribution in [3.05, 3.63) is 83.0 Å². The maximum absolute atomic E-state index is 10.4. The van der Waals surface area contributed by atoms with E-state index < -0.39 is 10.8 Å². The Labute approximate surface area is 240 Å². The molecule has 11 heteroatoms. The van der Waals surface area contributed by atoms with Crippen LogP contribution in [0.15, 0.2) is 60.7 Å². The Morgan fingerprint density at radius 2 is 1.75 bits per heavy atom. The summed E-state index contributed by atoms with van der Waals surface area (Å²) >= 11 is 0. The first kappa shape index (κ1) is 29.7. The van der Waals surface area contributed by atoms with Gasteiger partial charge in [0, 0.05) is 22.6 Å². The van der Waals surface area contributed by atoms with Crippen molar-refractivity contribution in [1.29, 1.82) is 0 Å². The molecular formula is C29H35B4NO6. The number of aliphatic hydroxyl groups is 1. The third-order valence-corrected chi connectivity index (χ3v) is 6.98. The van der Waals surface area contributed by atoms with E-state index in [4.69, 9.17) is 28.7 Å². The second-order valence-corrected chi connectivity index (χ2v) is 10.7. The van der Waals surface area contributed by atoms with Gasteiger partial charge >= 0.3 is 0 Å². The minimum atomic E-state index is -1.00. The lowest BCUT2D eigenvalue weighted by Crippen LogP contribution is -2.60. The first-order chi connectivity index (χ1) is 19.1. The highest BCUT2D eigenvalue weighted by Crippen LogP contribution is 2.28. The van der Waals surface area contributed by atoms with E-state index in [-0.39, 0.29) is 6.10 Å². The van der Waals surface area contributed by atoms with Gasteiger partial charge in [-0.2, -0.15) is 0 Å². The van der Waals surface area contributed by atoms with E-state index in [1.54, 1.807) is 15.7 Å². The van der Waals surface area contributed by atoms with Gasteiger partial charge in [0.05, 0.1) is 25.2 Å². The molecule has 40 heavy (non-hydrogen) atoms. The van der Waals surface area contributed by atoms with Crippen LogP contribution in [0.25, 0.3) is 0 Å². The largest absolute Gasteiger partial charge is 0.504 e. The third kappa shape index (κ3) is 8.11. The summed E-state index contributed by atoms with van der Waals surface area (Å²) in [4.78, 5) is 4.73. The molecule has 0 bridgehead atoms. The standard InChI is InChI=1S/C29H35B4NO6/c1-2-24-25(13-10-20-8-11-22(12-9-20)40-29(32,33)28(30,31)35)34-27(39-19-23-18-36-14-15-37-23)16-26(24)38-17-21-6-4-3-5-7-21/h3-9,11-12,16,23,35H,2,14-15,17-19,30-33H2,1H3. The van der Waals surface area contributed by atoms with Crippen molar-refractivity contribution in [3.8, 4) is 29.2 Å². The molecule has 2 aromatic carbocycles. The fourth-order valence-electron chi connectivity index (χ4n) is 3.88. The molecule has 2 heterocycles. The molecule has 3 aromatic rings. The summed E-state index contributed by atoms with van der Waals surface area (Å²) in [6.45, 7) is 4.45. The van der Waals surface area contributed by atoms with Gasteiger partial charge in [-0.15, -0.1) is 0 Å². The van der Waals surface area contributed by atoms with Gasteiger partial charge in [0.25, 0.3) is 0 Å². The highest BCUT2D eigenvalue weighted by Gasteiger charge is 2.36. The molecule has 1 saturated heterocycles. The first-order valence-electron chi connectivity index (χ1n) is 13.7. The number of hydrogen-bond acceptors (Lipinski definition) is 7. The van der Waals surface area contributed by atoms with Crippen LogP contribution in [-0.4, -0.2) is 84.8 Å². The Kier molecular flexibility index (Phi) is 9.91. The molecular weight excluding hydrogens is 502 g/mol. The zero-order valence-corrected chi connectivity index (χ0v) is 24.0. The number of benzene rings is 2. The highest BCUT2D eigenvalue weighted by molar-refractivity contribution is 6.53. The molecule has 0 radical (unpaired) electrons. The van der Waals surface area contributed by atoms with Gasteiger partial charge in [0.2, 0.25) is 5.88 Å². The van der Waals surface area contributed by atoms with Gasteiger partial charge in [-0.05, 0) is 42.2 Å². The molecule has 0 amide bonds. The maximum atomic E-state index is 10.4. The summed E-state index contributed by atoms with van der Waals surface area (Å²) in [6, 6.07) is 19.3. The SMILES string of the molecule is BC(B)(O)C(B)(B)Oc1ccc(C#Cc2nc(OCC3COCCO3)cc(OCc3ccccc3)c2CC)cc1. The van der Waals surface area contributed by atoms with Crippen molar-refractivity contribution in [1.82, 2.24) is 4.98 Å². The van der Waals surface area contributed by atoms with E-state index in [2.05, 4.69) is 18.8 Å². The lowest BCUT2D eigenvalue weighted by molar-refractivity contribution is -0.102. The molecule has 7 nitrogen and oxygen atoms in total. The Morgan fingerprint density at radius 1 is 1.00 bits per heavy atom. The summed E-state index contributed by atoms with van der Waals surface area (Å²) in [5.41, 5.74) is 3.40. The molecule has 1 fully saturated rings. The Balaban J connectivity index is 1.57. The monoisotopic (exact) mass is 537 g/mol. The summed E-state index contributed by atoms with van der Waals surface area (Å²) in [5.74, 6) is 8.23. The fraction of sp³-hybridized carbons (Fsp3) is 0.345. The molecule has 1 unspecified atom stereocenters. The summed E-state index contributed by atoms with van der Waals surface area (Å²) in [5, 5.41) is 8.63. The number of hydrogen-bond donors (Lipinski definition) is 1. The second kappa shape index (κ2) is 13.4. The van der Waals surface area contributed by atoms with Gasteiger partial charge in [-0.25, -0.2) is 4.98 Å². The summed E-state index contributed by atoms with van der Waals surface area (Å²) < 4.78 is 29.5. The number of aromatic nitrogens is 1. The average molecular weight is 537 g/mol. The van der Waals surface area contributed by atoms with E-state index in [1.807, 2.05) is 76.4 Å². The smallest absolute Gasteiger partial charge is 0.218 e. The van der Waals surface area contributed by atoms with Crippen LogP contribution in [0.4, 0.5) is 0 Å². The van der Waals surface area contributed by atoms with Gasteiger partial charge in [0.15, 0.2) is 0 Å². The van der Waals surface area contributed by atoms with E-state index in [0.717, 1.165) is 16.7 Å². The lowest BCUT2D eigenvalue weighted by atomic mass is 9.42. The molecule has 0 spiro atoms.